The molecule has 1 aromatic carbocycles. The molecule has 8 nitrogen and oxygen atoms in total. The molecule has 4 rings (SSSR count). The van der Waals surface area contributed by atoms with Crippen LogP contribution in [-0.4, -0.2) is 46.6 Å². The standard InChI is InChI=1S/C18H19ClFN3O5/c1-8-6-22(5-4-21-8)15-12(19)14-11(17(25)13(15)20)16(24)10(28-18(26)27)7-23(14)9-2-3-9/h7-9,21,25H,2-6H2,1H3,(H,26,27). The molecule has 2 heterocycles. The van der Waals surface area contributed by atoms with Crippen LogP contribution in [0.2, 0.25) is 5.02 Å². The summed E-state index contributed by atoms with van der Waals surface area (Å²) in [6, 6.07) is 0.0652. The van der Waals surface area contributed by atoms with Crippen molar-refractivity contribution in [1.82, 2.24) is 9.88 Å². The largest absolute Gasteiger partial charge is 0.511 e. The molecule has 1 unspecified atom stereocenters. The predicted octanol–water partition coefficient (Wildman–Crippen LogP) is 2.69. The quantitative estimate of drug-likeness (QED) is 0.667. The Hall–Kier alpha value is -2.52. The normalized spacial score (nSPS) is 19.8. The number of benzene rings is 1. The maximum Gasteiger partial charge on any atom is 0.511 e. The molecule has 2 fully saturated rings. The molecule has 0 radical (unpaired) electrons. The summed E-state index contributed by atoms with van der Waals surface area (Å²) >= 11 is 6.58. The maximum absolute atomic E-state index is 15.1. The van der Waals surface area contributed by atoms with Crippen molar-refractivity contribution in [2.24, 2.45) is 0 Å². The van der Waals surface area contributed by atoms with E-state index in [4.69, 9.17) is 16.7 Å². The molecule has 2 aliphatic rings. The van der Waals surface area contributed by atoms with Gasteiger partial charge in [-0.2, -0.15) is 0 Å². The predicted molar refractivity (Wildman–Crippen MR) is 101 cm³/mol. The lowest BCUT2D eigenvalue weighted by Crippen LogP contribution is -2.49. The second kappa shape index (κ2) is 6.82. The lowest BCUT2D eigenvalue weighted by Gasteiger charge is -2.34. The highest BCUT2D eigenvalue weighted by Crippen LogP contribution is 2.46. The van der Waals surface area contributed by atoms with Gasteiger partial charge in [0.05, 0.1) is 27.8 Å². The van der Waals surface area contributed by atoms with Crippen molar-refractivity contribution in [1.29, 1.82) is 0 Å². The molecule has 3 N–H and O–H groups in total. The van der Waals surface area contributed by atoms with E-state index in [-0.39, 0.29) is 33.7 Å². The Kier molecular flexibility index (Phi) is 4.59. The number of hydrogen-bond acceptors (Lipinski definition) is 6. The Balaban J connectivity index is 2.02. The number of nitrogens with one attached hydrogen (secondary N) is 1. The van der Waals surface area contributed by atoms with E-state index in [0.717, 1.165) is 12.8 Å². The number of piperazine rings is 1. The van der Waals surface area contributed by atoms with E-state index in [9.17, 15) is 14.7 Å². The van der Waals surface area contributed by atoms with Crippen LogP contribution in [0, 0.1) is 5.82 Å². The highest BCUT2D eigenvalue weighted by Gasteiger charge is 2.33. The number of aromatic hydroxyl groups is 1. The molecular weight excluding hydrogens is 393 g/mol. The number of rotatable bonds is 3. The van der Waals surface area contributed by atoms with Gasteiger partial charge in [0.2, 0.25) is 5.43 Å². The van der Waals surface area contributed by atoms with Crippen molar-refractivity contribution in [3.63, 3.8) is 0 Å². The molecule has 28 heavy (non-hydrogen) atoms. The van der Waals surface area contributed by atoms with Crippen LogP contribution < -0.4 is 20.4 Å². The number of anilines is 1. The summed E-state index contributed by atoms with van der Waals surface area (Å²) in [6.45, 7) is 3.54. The van der Waals surface area contributed by atoms with E-state index in [1.165, 1.54) is 6.20 Å². The third-order valence-electron chi connectivity index (χ3n) is 5.09. The number of phenolic OH excluding ortho intramolecular Hbond substituents is 1. The lowest BCUT2D eigenvalue weighted by molar-refractivity contribution is 0.143. The Morgan fingerprint density at radius 2 is 2.14 bits per heavy atom. The van der Waals surface area contributed by atoms with Crippen molar-refractivity contribution < 1.29 is 24.1 Å². The van der Waals surface area contributed by atoms with Crippen molar-refractivity contribution in [2.75, 3.05) is 24.5 Å². The first-order valence-corrected chi connectivity index (χ1v) is 9.35. The van der Waals surface area contributed by atoms with Crippen LogP contribution in [0.5, 0.6) is 11.5 Å². The van der Waals surface area contributed by atoms with Crippen molar-refractivity contribution in [3.8, 4) is 11.5 Å². The second-order valence-corrected chi connectivity index (χ2v) is 7.56. The van der Waals surface area contributed by atoms with Crippen LogP contribution in [0.25, 0.3) is 10.9 Å². The maximum atomic E-state index is 15.1. The average Bonchev–Trinajstić information content (AvgIpc) is 3.46. The van der Waals surface area contributed by atoms with Crippen molar-refractivity contribution in [3.05, 3.63) is 27.3 Å². The number of nitrogens with zero attached hydrogens (tertiary/aromatic N) is 2. The van der Waals surface area contributed by atoms with E-state index < -0.39 is 28.9 Å². The van der Waals surface area contributed by atoms with Crippen LogP contribution in [-0.2, 0) is 0 Å². The highest BCUT2D eigenvalue weighted by atomic mass is 35.5. The van der Waals surface area contributed by atoms with E-state index in [1.54, 1.807) is 9.47 Å². The second-order valence-electron chi connectivity index (χ2n) is 7.18. The number of aromatic nitrogens is 1. The summed E-state index contributed by atoms with van der Waals surface area (Å²) < 4.78 is 21.3. The molecule has 2 aromatic rings. The zero-order chi connectivity index (χ0) is 20.2. The van der Waals surface area contributed by atoms with Gasteiger partial charge in [-0.15, -0.1) is 0 Å². The molecule has 0 bridgehead atoms. The molecule has 1 saturated carbocycles. The SMILES string of the molecule is CC1CN(c2c(F)c(O)c3c(=O)c(OC(=O)O)cn(C4CC4)c3c2Cl)CCN1. The number of pyridine rings is 1. The topological polar surface area (TPSA) is 104 Å². The number of phenols is 1. The van der Waals surface area contributed by atoms with Crippen molar-refractivity contribution in [2.45, 2.75) is 31.8 Å². The van der Waals surface area contributed by atoms with Crippen LogP contribution in [0.15, 0.2) is 11.0 Å². The van der Waals surface area contributed by atoms with E-state index in [0.29, 0.717) is 19.6 Å². The van der Waals surface area contributed by atoms with E-state index >= 15 is 4.39 Å². The van der Waals surface area contributed by atoms with Gasteiger partial charge in [0, 0.05) is 31.7 Å². The van der Waals surface area contributed by atoms with Gasteiger partial charge in [0.15, 0.2) is 17.3 Å². The first kappa shape index (κ1) is 18.8. The summed E-state index contributed by atoms with van der Waals surface area (Å²) in [7, 11) is 0. The fourth-order valence-corrected chi connectivity index (χ4v) is 4.10. The fourth-order valence-electron chi connectivity index (χ4n) is 3.70. The number of carbonyl (C=O) groups is 1. The van der Waals surface area contributed by atoms with Gasteiger partial charge < -0.3 is 29.7 Å². The number of carboxylic acid groups (broad SMARTS) is 1. The number of hydrogen-bond donors (Lipinski definition) is 3. The average molecular weight is 412 g/mol. The molecule has 1 atom stereocenters. The summed E-state index contributed by atoms with van der Waals surface area (Å²) in [6.07, 6.45) is 1.18. The lowest BCUT2D eigenvalue weighted by atomic mass is 10.1. The summed E-state index contributed by atoms with van der Waals surface area (Å²) in [5.41, 5.74) is -0.694. The third-order valence-corrected chi connectivity index (χ3v) is 5.45. The molecule has 10 heteroatoms. The Morgan fingerprint density at radius 1 is 1.43 bits per heavy atom. The minimum Gasteiger partial charge on any atom is -0.504 e. The molecule has 0 amide bonds. The van der Waals surface area contributed by atoms with E-state index in [1.807, 2.05) is 6.92 Å². The smallest absolute Gasteiger partial charge is 0.504 e. The first-order valence-electron chi connectivity index (χ1n) is 8.97. The molecule has 150 valence electrons. The summed E-state index contributed by atoms with van der Waals surface area (Å²) in [4.78, 5) is 25.4. The Morgan fingerprint density at radius 3 is 2.75 bits per heavy atom. The number of ether oxygens (including phenoxy) is 1. The molecular formula is C18H19ClFN3O5. The third kappa shape index (κ3) is 3.04. The summed E-state index contributed by atoms with van der Waals surface area (Å²) in [5, 5.41) is 22.3. The minimum atomic E-state index is -1.67. The minimum absolute atomic E-state index is 0.0188. The van der Waals surface area contributed by atoms with Gasteiger partial charge in [0.1, 0.15) is 0 Å². The van der Waals surface area contributed by atoms with Crippen LogP contribution >= 0.6 is 11.6 Å². The van der Waals surface area contributed by atoms with Crippen LogP contribution in [0.3, 0.4) is 0 Å². The monoisotopic (exact) mass is 411 g/mol. The Labute approximate surface area is 164 Å². The summed E-state index contributed by atoms with van der Waals surface area (Å²) in [5.74, 6) is -2.35. The molecule has 1 aliphatic carbocycles. The fraction of sp³-hybridized carbons (Fsp3) is 0.444. The van der Waals surface area contributed by atoms with Gasteiger partial charge >= 0.3 is 6.16 Å². The molecule has 1 aliphatic heterocycles. The molecule has 1 aromatic heterocycles. The van der Waals surface area contributed by atoms with Crippen molar-refractivity contribution >= 4 is 34.3 Å². The highest BCUT2D eigenvalue weighted by molar-refractivity contribution is 6.38. The first-order chi connectivity index (χ1) is 13.3. The zero-order valence-corrected chi connectivity index (χ0v) is 15.8. The van der Waals surface area contributed by atoms with Crippen LogP contribution in [0.1, 0.15) is 25.8 Å². The molecule has 0 spiro atoms. The van der Waals surface area contributed by atoms with Crippen LogP contribution in [0.4, 0.5) is 14.9 Å². The van der Waals surface area contributed by atoms with E-state index in [2.05, 4.69) is 10.1 Å². The number of fused-ring (bicyclic) bond motifs is 1. The van der Waals surface area contributed by atoms with Gasteiger partial charge in [-0.05, 0) is 19.8 Å². The van der Waals surface area contributed by atoms with Gasteiger partial charge in [0.25, 0.3) is 0 Å². The van der Waals surface area contributed by atoms with Gasteiger partial charge in [-0.1, -0.05) is 11.6 Å². The molecule has 1 saturated heterocycles. The van der Waals surface area contributed by atoms with Gasteiger partial charge in [-0.25, -0.2) is 9.18 Å². The number of halogens is 2. The van der Waals surface area contributed by atoms with Gasteiger partial charge in [-0.3, -0.25) is 4.79 Å². The zero-order valence-electron chi connectivity index (χ0n) is 15.0. The Bertz CT molecular complexity index is 1040.